The van der Waals surface area contributed by atoms with E-state index in [1.807, 2.05) is 6.92 Å². The number of nitrogens with two attached hydrogens (primary N) is 1. The molecule has 1 aromatic rings. The molecule has 0 saturated carbocycles. The molecular formula is C10H10Cl2N2O2. The zero-order chi connectivity index (χ0) is 11.9. The van der Waals surface area contributed by atoms with Crippen molar-refractivity contribution < 1.29 is 9.53 Å². The van der Waals surface area contributed by atoms with Crippen molar-refractivity contribution in [3.8, 4) is 5.75 Å². The van der Waals surface area contributed by atoms with E-state index in [9.17, 15) is 4.79 Å². The summed E-state index contributed by atoms with van der Waals surface area (Å²) < 4.78 is 5.48. The van der Waals surface area contributed by atoms with Crippen molar-refractivity contribution in [3.63, 3.8) is 0 Å². The molecule has 1 aliphatic heterocycles. The molecule has 1 amide bonds. The lowest BCUT2D eigenvalue weighted by molar-refractivity contribution is -0.123. The van der Waals surface area contributed by atoms with Crippen LogP contribution in [0.3, 0.4) is 0 Å². The highest BCUT2D eigenvalue weighted by molar-refractivity contribution is 6.39. The molecule has 0 aromatic heterocycles. The number of nitrogens with one attached hydrogen (secondary N) is 1. The normalized spacial score (nSPS) is 18.7. The second-order valence-electron chi connectivity index (χ2n) is 3.46. The Kier molecular flexibility index (Phi) is 2.86. The maximum absolute atomic E-state index is 11.6. The lowest BCUT2D eigenvalue weighted by atomic mass is 10.1. The predicted molar refractivity (Wildman–Crippen MR) is 64.2 cm³/mol. The van der Waals surface area contributed by atoms with E-state index in [0.29, 0.717) is 33.6 Å². The highest BCUT2D eigenvalue weighted by atomic mass is 35.5. The number of carbonyl (C=O) groups excluding carboxylic acids is 1. The van der Waals surface area contributed by atoms with Gasteiger partial charge in [0, 0.05) is 0 Å². The standard InChI is InChI=1S/C10H10Cl2N2O2/c1-2-6-10(15)14-8-5(12)3-4(11)7(13)9(8)16-6/h3,6H,2,13H2,1H3,(H,14,15). The van der Waals surface area contributed by atoms with Crippen LogP contribution >= 0.6 is 23.2 Å². The van der Waals surface area contributed by atoms with E-state index in [4.69, 9.17) is 33.7 Å². The predicted octanol–water partition coefficient (Wildman–Crippen LogP) is 2.69. The van der Waals surface area contributed by atoms with Gasteiger partial charge in [0.05, 0.1) is 15.7 Å². The average molecular weight is 261 g/mol. The third-order valence-electron chi connectivity index (χ3n) is 2.39. The Balaban J connectivity index is 2.55. The largest absolute Gasteiger partial charge is 0.476 e. The van der Waals surface area contributed by atoms with Crippen LogP contribution in [0.5, 0.6) is 5.75 Å². The van der Waals surface area contributed by atoms with E-state index in [1.54, 1.807) is 0 Å². The lowest BCUT2D eigenvalue weighted by Crippen LogP contribution is -2.36. The van der Waals surface area contributed by atoms with Crippen LogP contribution in [0.25, 0.3) is 0 Å². The third-order valence-corrected chi connectivity index (χ3v) is 3.00. The number of rotatable bonds is 1. The van der Waals surface area contributed by atoms with Gasteiger partial charge in [-0.1, -0.05) is 30.1 Å². The maximum atomic E-state index is 11.6. The van der Waals surface area contributed by atoms with Crippen LogP contribution in [0.2, 0.25) is 10.0 Å². The number of ether oxygens (including phenoxy) is 1. The van der Waals surface area contributed by atoms with E-state index in [-0.39, 0.29) is 5.91 Å². The molecule has 1 aliphatic rings. The number of fused-ring (bicyclic) bond motifs is 1. The molecule has 3 N–H and O–H groups in total. The number of benzene rings is 1. The number of hydrogen-bond acceptors (Lipinski definition) is 3. The summed E-state index contributed by atoms with van der Waals surface area (Å²) in [5.41, 5.74) is 6.45. The van der Waals surface area contributed by atoms with Crippen LogP contribution in [0, 0.1) is 0 Å². The minimum absolute atomic E-state index is 0.223. The Morgan fingerprint density at radius 3 is 2.81 bits per heavy atom. The van der Waals surface area contributed by atoms with E-state index < -0.39 is 6.10 Å². The highest BCUT2D eigenvalue weighted by Gasteiger charge is 2.30. The van der Waals surface area contributed by atoms with Crippen molar-refractivity contribution in [1.29, 1.82) is 0 Å². The maximum Gasteiger partial charge on any atom is 0.265 e. The molecule has 6 heteroatoms. The zero-order valence-electron chi connectivity index (χ0n) is 8.51. The summed E-state index contributed by atoms with van der Waals surface area (Å²) in [6.45, 7) is 1.84. The Labute approximate surface area is 103 Å². The van der Waals surface area contributed by atoms with E-state index >= 15 is 0 Å². The molecule has 0 saturated heterocycles. The van der Waals surface area contributed by atoms with Gasteiger partial charge in [0.1, 0.15) is 5.69 Å². The number of nitrogen functional groups attached to an aromatic ring is 1. The number of halogens is 2. The van der Waals surface area contributed by atoms with Crippen LogP contribution in [0.1, 0.15) is 13.3 Å². The van der Waals surface area contributed by atoms with Gasteiger partial charge >= 0.3 is 0 Å². The molecule has 1 atom stereocenters. The van der Waals surface area contributed by atoms with Gasteiger partial charge in [-0.15, -0.1) is 0 Å². The fourth-order valence-corrected chi connectivity index (χ4v) is 2.01. The summed E-state index contributed by atoms with van der Waals surface area (Å²) in [6.07, 6.45) is -0.00110. The van der Waals surface area contributed by atoms with Crippen molar-refractivity contribution in [3.05, 3.63) is 16.1 Å². The first kappa shape index (κ1) is 11.4. The quantitative estimate of drug-likeness (QED) is 0.764. The minimum Gasteiger partial charge on any atom is -0.476 e. The average Bonchev–Trinajstić information content (AvgIpc) is 2.25. The van der Waals surface area contributed by atoms with Crippen molar-refractivity contribution in [2.24, 2.45) is 0 Å². The van der Waals surface area contributed by atoms with E-state index in [2.05, 4.69) is 5.32 Å². The van der Waals surface area contributed by atoms with E-state index in [0.717, 1.165) is 0 Å². The number of carbonyl (C=O) groups is 1. The fraction of sp³-hybridized carbons (Fsp3) is 0.300. The topological polar surface area (TPSA) is 64.3 Å². The first-order valence-electron chi connectivity index (χ1n) is 4.79. The Bertz CT molecular complexity index is 463. The molecule has 0 aliphatic carbocycles. The van der Waals surface area contributed by atoms with Crippen molar-refractivity contribution >= 4 is 40.5 Å². The third kappa shape index (κ3) is 1.68. The summed E-state index contributed by atoms with van der Waals surface area (Å²) in [6, 6.07) is 1.48. The molecule has 0 spiro atoms. The smallest absolute Gasteiger partial charge is 0.265 e. The van der Waals surface area contributed by atoms with Crippen LogP contribution in [-0.4, -0.2) is 12.0 Å². The molecule has 0 fully saturated rings. The van der Waals surface area contributed by atoms with Crippen molar-refractivity contribution in [1.82, 2.24) is 0 Å². The zero-order valence-corrected chi connectivity index (χ0v) is 10.0. The molecule has 1 aromatic carbocycles. The first-order chi connectivity index (χ1) is 7.54. The second kappa shape index (κ2) is 4.03. The molecule has 16 heavy (non-hydrogen) atoms. The van der Waals surface area contributed by atoms with Crippen LogP contribution in [-0.2, 0) is 4.79 Å². The van der Waals surface area contributed by atoms with Gasteiger partial charge < -0.3 is 15.8 Å². The minimum atomic E-state index is -0.552. The summed E-state index contributed by atoms with van der Waals surface area (Å²) in [5.74, 6) is 0.127. The van der Waals surface area contributed by atoms with Gasteiger partial charge in [-0.2, -0.15) is 0 Å². The Hall–Kier alpha value is -1.13. The highest BCUT2D eigenvalue weighted by Crippen LogP contribution is 2.44. The SMILES string of the molecule is CCC1Oc2c(N)c(Cl)cc(Cl)c2NC1=O. The lowest BCUT2D eigenvalue weighted by Gasteiger charge is -2.27. The van der Waals surface area contributed by atoms with Crippen LogP contribution in [0.15, 0.2) is 6.07 Å². The molecule has 0 radical (unpaired) electrons. The monoisotopic (exact) mass is 260 g/mol. The molecule has 0 bridgehead atoms. The number of anilines is 2. The summed E-state index contributed by atoms with van der Waals surface area (Å²) in [4.78, 5) is 11.6. The van der Waals surface area contributed by atoms with E-state index in [1.165, 1.54) is 6.07 Å². The molecule has 1 heterocycles. The molecule has 2 rings (SSSR count). The molecule has 86 valence electrons. The Morgan fingerprint density at radius 1 is 1.50 bits per heavy atom. The summed E-state index contributed by atoms with van der Waals surface area (Å²) in [7, 11) is 0. The first-order valence-corrected chi connectivity index (χ1v) is 5.55. The molecule has 1 unspecified atom stereocenters. The summed E-state index contributed by atoms with van der Waals surface area (Å²) >= 11 is 11.8. The van der Waals surface area contributed by atoms with Gasteiger partial charge in [-0.05, 0) is 12.5 Å². The number of hydrogen-bond donors (Lipinski definition) is 2. The van der Waals surface area contributed by atoms with Gasteiger partial charge in [0.2, 0.25) is 0 Å². The number of amides is 1. The van der Waals surface area contributed by atoms with Gasteiger partial charge in [-0.25, -0.2) is 0 Å². The fourth-order valence-electron chi connectivity index (χ4n) is 1.52. The van der Waals surface area contributed by atoms with Crippen LogP contribution in [0.4, 0.5) is 11.4 Å². The van der Waals surface area contributed by atoms with Gasteiger partial charge in [-0.3, -0.25) is 4.79 Å². The molecule has 4 nitrogen and oxygen atoms in total. The van der Waals surface area contributed by atoms with Crippen molar-refractivity contribution in [2.75, 3.05) is 11.1 Å². The second-order valence-corrected chi connectivity index (χ2v) is 4.28. The van der Waals surface area contributed by atoms with Crippen LogP contribution < -0.4 is 15.8 Å². The van der Waals surface area contributed by atoms with Gasteiger partial charge in [0.15, 0.2) is 11.9 Å². The van der Waals surface area contributed by atoms with Crippen molar-refractivity contribution in [2.45, 2.75) is 19.4 Å². The summed E-state index contributed by atoms with van der Waals surface area (Å²) in [5, 5.41) is 3.29. The molecular weight excluding hydrogens is 251 g/mol. The Morgan fingerprint density at radius 2 is 2.19 bits per heavy atom. The van der Waals surface area contributed by atoms with Gasteiger partial charge in [0.25, 0.3) is 5.91 Å².